The molecule has 7 heteroatoms. The third-order valence-electron chi connectivity index (χ3n) is 4.69. The van der Waals surface area contributed by atoms with E-state index in [1.165, 1.54) is 17.2 Å². The summed E-state index contributed by atoms with van der Waals surface area (Å²) >= 11 is 0. The molecule has 1 unspecified atom stereocenters. The molecular weight excluding hydrogens is 337 g/mol. The molecule has 2 aromatic carbocycles. The first-order valence-electron chi connectivity index (χ1n) is 8.47. The number of aryl methyl sites for hydroxylation is 1. The van der Waals surface area contributed by atoms with Gasteiger partial charge in [-0.3, -0.25) is 19.8 Å². The van der Waals surface area contributed by atoms with Gasteiger partial charge in [0.1, 0.15) is 11.5 Å². The lowest BCUT2D eigenvalue weighted by Gasteiger charge is -2.32. The smallest absolute Gasteiger partial charge is 0.295 e. The summed E-state index contributed by atoms with van der Waals surface area (Å²) in [7, 11) is 1.87. The first-order valence-corrected chi connectivity index (χ1v) is 8.47. The highest BCUT2D eigenvalue weighted by Gasteiger charge is 2.25. The van der Waals surface area contributed by atoms with Crippen LogP contribution in [0.2, 0.25) is 0 Å². The van der Waals surface area contributed by atoms with E-state index in [1.54, 1.807) is 0 Å². The largest absolute Gasteiger partial charge is 0.319 e. The molecule has 1 atom stereocenters. The molecule has 2 aromatic rings. The van der Waals surface area contributed by atoms with Crippen LogP contribution in [0.4, 0.5) is 15.8 Å². The van der Waals surface area contributed by atoms with Crippen LogP contribution in [0.3, 0.4) is 0 Å². The normalized spacial score (nSPS) is 16.2. The van der Waals surface area contributed by atoms with E-state index < -0.39 is 16.4 Å². The molecule has 6 nitrogen and oxygen atoms in total. The Morgan fingerprint density at radius 2 is 2.12 bits per heavy atom. The van der Waals surface area contributed by atoms with Crippen LogP contribution in [0.15, 0.2) is 42.5 Å². The Morgan fingerprint density at radius 3 is 2.88 bits per heavy atom. The highest BCUT2D eigenvalue weighted by Crippen LogP contribution is 2.33. The van der Waals surface area contributed by atoms with Crippen molar-refractivity contribution < 1.29 is 14.1 Å². The van der Waals surface area contributed by atoms with Gasteiger partial charge in [0, 0.05) is 6.04 Å². The molecule has 0 aliphatic heterocycles. The maximum absolute atomic E-state index is 13.2. The average Bonchev–Trinajstić information content (AvgIpc) is 2.62. The molecule has 0 saturated carbocycles. The van der Waals surface area contributed by atoms with Crippen molar-refractivity contribution in [3.63, 3.8) is 0 Å². The minimum absolute atomic E-state index is 0.00107. The molecule has 136 valence electrons. The number of carbonyl (C=O) groups excluding carboxylic acids is 1. The van der Waals surface area contributed by atoms with Gasteiger partial charge < -0.3 is 5.32 Å². The van der Waals surface area contributed by atoms with Crippen molar-refractivity contribution >= 4 is 17.3 Å². The van der Waals surface area contributed by atoms with Gasteiger partial charge >= 0.3 is 0 Å². The van der Waals surface area contributed by atoms with Gasteiger partial charge in [-0.25, -0.2) is 4.39 Å². The summed E-state index contributed by atoms with van der Waals surface area (Å²) in [5.41, 5.74) is 2.06. The van der Waals surface area contributed by atoms with Gasteiger partial charge in [0.25, 0.3) is 5.69 Å². The topological polar surface area (TPSA) is 75.5 Å². The fraction of sp³-hybridized carbons (Fsp3) is 0.316. The number of nitrogens with zero attached hydrogens (tertiary/aromatic N) is 2. The van der Waals surface area contributed by atoms with Gasteiger partial charge in [-0.05, 0) is 49.6 Å². The van der Waals surface area contributed by atoms with Crippen molar-refractivity contribution in [1.29, 1.82) is 0 Å². The SMILES string of the molecule is CN(CC(=O)Nc1ccc(F)cc1[N+](=O)[O-])C1CCCc2ccccc21. The third kappa shape index (κ3) is 3.88. The number of hydrogen-bond donors (Lipinski definition) is 1. The number of fused-ring (bicyclic) bond motifs is 1. The zero-order valence-corrected chi connectivity index (χ0v) is 14.4. The molecular formula is C19H20FN3O3. The number of halogens is 1. The van der Waals surface area contributed by atoms with E-state index in [0.717, 1.165) is 31.4 Å². The Bertz CT molecular complexity index is 841. The quantitative estimate of drug-likeness (QED) is 0.654. The van der Waals surface area contributed by atoms with Crippen LogP contribution >= 0.6 is 0 Å². The monoisotopic (exact) mass is 357 g/mol. The number of hydrogen-bond acceptors (Lipinski definition) is 4. The van der Waals surface area contributed by atoms with Crippen molar-refractivity contribution in [2.24, 2.45) is 0 Å². The van der Waals surface area contributed by atoms with Gasteiger partial charge in [0.05, 0.1) is 17.5 Å². The molecule has 26 heavy (non-hydrogen) atoms. The summed E-state index contributed by atoms with van der Waals surface area (Å²) < 4.78 is 13.2. The van der Waals surface area contributed by atoms with Crippen molar-refractivity contribution in [3.05, 3.63) is 69.5 Å². The fourth-order valence-corrected chi connectivity index (χ4v) is 3.47. The third-order valence-corrected chi connectivity index (χ3v) is 4.69. The first kappa shape index (κ1) is 18.0. The van der Waals surface area contributed by atoms with Crippen LogP contribution in [0.5, 0.6) is 0 Å². The zero-order chi connectivity index (χ0) is 18.7. The second kappa shape index (κ2) is 7.61. The van der Waals surface area contributed by atoms with Crippen LogP contribution in [0.1, 0.15) is 30.0 Å². The van der Waals surface area contributed by atoms with Gasteiger partial charge in [-0.2, -0.15) is 0 Å². The standard InChI is InChI=1S/C19H20FN3O3/c1-22(17-8-4-6-13-5-2-3-7-15(13)17)12-19(24)21-16-10-9-14(20)11-18(16)23(25)26/h2-3,5,7,9-11,17H,4,6,8,12H2,1H3,(H,21,24). The molecule has 0 fully saturated rings. The predicted octanol–water partition coefficient (Wildman–Crippen LogP) is 3.68. The summed E-state index contributed by atoms with van der Waals surface area (Å²) in [5.74, 6) is -1.09. The second-order valence-corrected chi connectivity index (χ2v) is 6.49. The highest BCUT2D eigenvalue weighted by molar-refractivity contribution is 5.94. The van der Waals surface area contributed by atoms with Crippen LogP contribution in [-0.2, 0) is 11.2 Å². The fourth-order valence-electron chi connectivity index (χ4n) is 3.47. The number of rotatable bonds is 5. The number of anilines is 1. The zero-order valence-electron chi connectivity index (χ0n) is 14.4. The summed E-state index contributed by atoms with van der Waals surface area (Å²) in [6, 6.07) is 11.4. The summed E-state index contributed by atoms with van der Waals surface area (Å²) in [4.78, 5) is 24.6. The van der Waals surface area contributed by atoms with E-state index >= 15 is 0 Å². The van der Waals surface area contributed by atoms with E-state index in [4.69, 9.17) is 0 Å². The summed E-state index contributed by atoms with van der Waals surface area (Å²) in [6.45, 7) is 0.0908. The van der Waals surface area contributed by atoms with E-state index in [1.807, 2.05) is 24.1 Å². The first-order chi connectivity index (χ1) is 12.5. The molecule has 1 aliphatic rings. The van der Waals surface area contributed by atoms with Crippen LogP contribution in [0.25, 0.3) is 0 Å². The maximum atomic E-state index is 13.2. The highest BCUT2D eigenvalue weighted by atomic mass is 19.1. The molecule has 1 N–H and O–H groups in total. The molecule has 0 aromatic heterocycles. The van der Waals surface area contributed by atoms with E-state index in [0.29, 0.717) is 0 Å². The molecule has 0 spiro atoms. The van der Waals surface area contributed by atoms with Crippen molar-refractivity contribution in [2.45, 2.75) is 25.3 Å². The van der Waals surface area contributed by atoms with Crippen molar-refractivity contribution in [3.8, 4) is 0 Å². The lowest BCUT2D eigenvalue weighted by atomic mass is 9.87. The van der Waals surface area contributed by atoms with Crippen LogP contribution in [0, 0.1) is 15.9 Å². The molecule has 1 aliphatic carbocycles. The Morgan fingerprint density at radius 1 is 1.35 bits per heavy atom. The number of likely N-dealkylation sites (N-methyl/N-ethyl adjacent to an activating group) is 1. The predicted molar refractivity (Wildman–Crippen MR) is 96.4 cm³/mol. The molecule has 0 radical (unpaired) electrons. The molecule has 0 bridgehead atoms. The summed E-state index contributed by atoms with van der Waals surface area (Å²) in [6.07, 6.45) is 3.04. The molecule has 3 rings (SSSR count). The van der Waals surface area contributed by atoms with Gasteiger partial charge in [-0.15, -0.1) is 0 Å². The Kier molecular flexibility index (Phi) is 5.27. The maximum Gasteiger partial charge on any atom is 0.295 e. The lowest BCUT2D eigenvalue weighted by molar-refractivity contribution is -0.384. The lowest BCUT2D eigenvalue weighted by Crippen LogP contribution is -2.35. The number of nitrogens with one attached hydrogen (secondary N) is 1. The van der Waals surface area contributed by atoms with Crippen LogP contribution in [-0.4, -0.2) is 29.3 Å². The number of amides is 1. The van der Waals surface area contributed by atoms with E-state index in [2.05, 4.69) is 17.4 Å². The minimum atomic E-state index is -0.717. The molecule has 0 heterocycles. The Labute approximate surface area is 150 Å². The van der Waals surface area contributed by atoms with Gasteiger partial charge in [-0.1, -0.05) is 24.3 Å². The number of nitro groups is 1. The Balaban J connectivity index is 1.71. The van der Waals surface area contributed by atoms with E-state index in [9.17, 15) is 19.3 Å². The van der Waals surface area contributed by atoms with Crippen LogP contribution < -0.4 is 5.32 Å². The molecule has 1 amide bonds. The summed E-state index contributed by atoms with van der Waals surface area (Å²) in [5, 5.41) is 13.6. The van der Waals surface area contributed by atoms with Gasteiger partial charge in [0.2, 0.25) is 5.91 Å². The number of benzene rings is 2. The minimum Gasteiger partial charge on any atom is -0.319 e. The Hall–Kier alpha value is -2.80. The van der Waals surface area contributed by atoms with E-state index in [-0.39, 0.29) is 24.2 Å². The average molecular weight is 357 g/mol. The number of nitro benzene ring substituents is 1. The number of carbonyl (C=O) groups is 1. The molecule has 0 saturated heterocycles. The van der Waals surface area contributed by atoms with Gasteiger partial charge in [0.15, 0.2) is 0 Å². The van der Waals surface area contributed by atoms with Crippen molar-refractivity contribution in [2.75, 3.05) is 18.9 Å². The second-order valence-electron chi connectivity index (χ2n) is 6.49. The van der Waals surface area contributed by atoms with Crippen molar-refractivity contribution in [1.82, 2.24) is 4.90 Å².